The van der Waals surface area contributed by atoms with E-state index in [1.54, 1.807) is 0 Å². The quantitative estimate of drug-likeness (QED) is 0.511. The van der Waals surface area contributed by atoms with Crippen LogP contribution in [-0.4, -0.2) is 5.78 Å². The first kappa shape index (κ1) is 9.20. The highest BCUT2D eigenvalue weighted by Gasteiger charge is 2.09. The third kappa shape index (κ3) is 2.11. The second kappa shape index (κ2) is 4.23. The number of carbonyl (C=O) groups is 1. The van der Waals surface area contributed by atoms with Gasteiger partial charge >= 0.3 is 0 Å². The van der Waals surface area contributed by atoms with Gasteiger partial charge in [-0.2, -0.15) is 0 Å². The molecule has 0 atom stereocenters. The average molecular weight is 186 g/mol. The Labute approximate surface area is 84.5 Å². The van der Waals surface area contributed by atoms with Crippen LogP contribution in [0.5, 0.6) is 0 Å². The maximum absolute atomic E-state index is 11.7. The fourth-order valence-corrected chi connectivity index (χ4v) is 1.84. The van der Waals surface area contributed by atoms with Gasteiger partial charge in [-0.1, -0.05) is 35.9 Å². The Morgan fingerprint density at radius 2 is 1.71 bits per heavy atom. The van der Waals surface area contributed by atoms with E-state index in [1.165, 1.54) is 18.4 Å². The van der Waals surface area contributed by atoms with Crippen molar-refractivity contribution >= 4 is 5.78 Å². The van der Waals surface area contributed by atoms with E-state index in [4.69, 9.17) is 0 Å². The maximum atomic E-state index is 11.7. The van der Waals surface area contributed by atoms with Crippen molar-refractivity contribution in [3.05, 3.63) is 47.5 Å². The molecule has 1 aliphatic carbocycles. The van der Waals surface area contributed by atoms with Crippen molar-refractivity contribution in [3.8, 4) is 0 Å². The molecule has 1 heteroatoms. The van der Waals surface area contributed by atoms with Gasteiger partial charge in [-0.15, -0.1) is 0 Å². The van der Waals surface area contributed by atoms with Gasteiger partial charge in [0.25, 0.3) is 0 Å². The van der Waals surface area contributed by atoms with Crippen molar-refractivity contribution in [2.24, 2.45) is 0 Å². The zero-order chi connectivity index (χ0) is 9.80. The molecular formula is C13H14O. The summed E-state index contributed by atoms with van der Waals surface area (Å²) >= 11 is 0. The fraction of sp³-hybridized carbons (Fsp3) is 0.308. The molecule has 0 spiro atoms. The normalized spacial score (nSPS) is 15.6. The number of ketones is 1. The summed E-state index contributed by atoms with van der Waals surface area (Å²) in [6, 6.07) is 9.48. The minimum Gasteiger partial charge on any atom is -0.289 e. The molecule has 0 aromatic heterocycles. The third-order valence-corrected chi connectivity index (χ3v) is 2.64. The van der Waals surface area contributed by atoms with Crippen LogP contribution < -0.4 is 0 Å². The van der Waals surface area contributed by atoms with Gasteiger partial charge in [0, 0.05) is 5.56 Å². The standard InChI is InChI=1S/C13H14O/c14-13(10-11-6-4-5-7-11)12-8-2-1-3-9-12/h1-3,8-10H,4-7H2. The van der Waals surface area contributed by atoms with Gasteiger partial charge in [0.05, 0.1) is 0 Å². The van der Waals surface area contributed by atoms with Crippen LogP contribution in [0.3, 0.4) is 0 Å². The molecule has 1 aromatic carbocycles. The molecule has 1 aliphatic rings. The Bertz CT molecular complexity index is 341. The van der Waals surface area contributed by atoms with E-state index < -0.39 is 0 Å². The highest BCUT2D eigenvalue weighted by Crippen LogP contribution is 2.24. The summed E-state index contributed by atoms with van der Waals surface area (Å²) in [5.41, 5.74) is 2.12. The summed E-state index contributed by atoms with van der Waals surface area (Å²) in [7, 11) is 0. The third-order valence-electron chi connectivity index (χ3n) is 2.64. The predicted molar refractivity (Wildman–Crippen MR) is 57.3 cm³/mol. The maximum Gasteiger partial charge on any atom is 0.185 e. The average Bonchev–Trinajstić information content (AvgIpc) is 2.72. The molecule has 2 rings (SSSR count). The van der Waals surface area contributed by atoms with Crippen LogP contribution in [0, 0.1) is 0 Å². The minimum absolute atomic E-state index is 0.155. The summed E-state index contributed by atoms with van der Waals surface area (Å²) in [6.45, 7) is 0. The van der Waals surface area contributed by atoms with Crippen molar-refractivity contribution < 1.29 is 4.79 Å². The van der Waals surface area contributed by atoms with Gasteiger partial charge in [-0.3, -0.25) is 4.79 Å². The Morgan fingerprint density at radius 3 is 2.36 bits per heavy atom. The zero-order valence-corrected chi connectivity index (χ0v) is 8.20. The van der Waals surface area contributed by atoms with Gasteiger partial charge in [0.15, 0.2) is 5.78 Å². The molecule has 1 aromatic rings. The minimum atomic E-state index is 0.155. The number of benzene rings is 1. The van der Waals surface area contributed by atoms with Gasteiger partial charge in [0.2, 0.25) is 0 Å². The second-order valence-corrected chi connectivity index (χ2v) is 3.74. The van der Waals surface area contributed by atoms with E-state index in [9.17, 15) is 4.79 Å². The molecule has 1 fully saturated rings. The lowest BCUT2D eigenvalue weighted by Crippen LogP contribution is -1.94. The van der Waals surface area contributed by atoms with Gasteiger partial charge in [0.1, 0.15) is 0 Å². The first-order chi connectivity index (χ1) is 6.86. The van der Waals surface area contributed by atoms with E-state index in [-0.39, 0.29) is 5.78 Å². The molecule has 0 radical (unpaired) electrons. The Morgan fingerprint density at radius 1 is 1.07 bits per heavy atom. The SMILES string of the molecule is O=C(C=C1CCCC1)c1ccccc1. The predicted octanol–water partition coefficient (Wildman–Crippen LogP) is 3.37. The highest BCUT2D eigenvalue weighted by molar-refractivity contribution is 6.04. The van der Waals surface area contributed by atoms with E-state index in [0.717, 1.165) is 18.4 Å². The van der Waals surface area contributed by atoms with E-state index in [2.05, 4.69) is 0 Å². The van der Waals surface area contributed by atoms with Gasteiger partial charge in [-0.05, 0) is 31.8 Å². The number of hydrogen-bond donors (Lipinski definition) is 0. The molecule has 0 unspecified atom stereocenters. The molecule has 0 N–H and O–H groups in total. The zero-order valence-electron chi connectivity index (χ0n) is 8.20. The molecule has 0 aliphatic heterocycles. The fourth-order valence-electron chi connectivity index (χ4n) is 1.84. The molecule has 1 saturated carbocycles. The molecule has 0 saturated heterocycles. The van der Waals surface area contributed by atoms with Gasteiger partial charge < -0.3 is 0 Å². The summed E-state index contributed by atoms with van der Waals surface area (Å²) in [6.07, 6.45) is 6.53. The van der Waals surface area contributed by atoms with Crippen LogP contribution in [-0.2, 0) is 0 Å². The van der Waals surface area contributed by atoms with E-state index in [0.29, 0.717) is 0 Å². The van der Waals surface area contributed by atoms with Crippen molar-refractivity contribution in [2.45, 2.75) is 25.7 Å². The Balaban J connectivity index is 2.13. The van der Waals surface area contributed by atoms with Crippen LogP contribution in [0.1, 0.15) is 36.0 Å². The summed E-state index contributed by atoms with van der Waals surface area (Å²) in [4.78, 5) is 11.7. The van der Waals surface area contributed by atoms with Crippen LogP contribution in [0.2, 0.25) is 0 Å². The number of allylic oxidation sites excluding steroid dienone is 2. The van der Waals surface area contributed by atoms with E-state index >= 15 is 0 Å². The van der Waals surface area contributed by atoms with E-state index in [1.807, 2.05) is 36.4 Å². The van der Waals surface area contributed by atoms with Crippen LogP contribution in [0.4, 0.5) is 0 Å². The molecule has 72 valence electrons. The van der Waals surface area contributed by atoms with Crippen molar-refractivity contribution in [1.29, 1.82) is 0 Å². The lowest BCUT2D eigenvalue weighted by molar-refractivity contribution is 0.104. The first-order valence-electron chi connectivity index (χ1n) is 5.15. The highest BCUT2D eigenvalue weighted by atomic mass is 16.1. The molecular weight excluding hydrogens is 172 g/mol. The molecule has 14 heavy (non-hydrogen) atoms. The lowest BCUT2D eigenvalue weighted by Gasteiger charge is -1.96. The van der Waals surface area contributed by atoms with Crippen molar-refractivity contribution in [3.63, 3.8) is 0 Å². The summed E-state index contributed by atoms with van der Waals surface area (Å²) < 4.78 is 0. The van der Waals surface area contributed by atoms with Crippen LogP contribution in [0.15, 0.2) is 42.0 Å². The largest absolute Gasteiger partial charge is 0.289 e. The summed E-state index contributed by atoms with van der Waals surface area (Å²) in [5, 5.41) is 0. The molecule has 1 nitrogen and oxygen atoms in total. The lowest BCUT2D eigenvalue weighted by atomic mass is 10.1. The van der Waals surface area contributed by atoms with Crippen molar-refractivity contribution in [2.75, 3.05) is 0 Å². The molecule has 0 bridgehead atoms. The number of rotatable bonds is 2. The Kier molecular flexibility index (Phi) is 2.78. The van der Waals surface area contributed by atoms with Gasteiger partial charge in [-0.25, -0.2) is 0 Å². The molecule has 0 amide bonds. The smallest absolute Gasteiger partial charge is 0.185 e. The molecule has 0 heterocycles. The van der Waals surface area contributed by atoms with Crippen LogP contribution in [0.25, 0.3) is 0 Å². The number of hydrogen-bond acceptors (Lipinski definition) is 1. The number of carbonyl (C=O) groups excluding carboxylic acids is 1. The second-order valence-electron chi connectivity index (χ2n) is 3.74. The Hall–Kier alpha value is -1.37. The monoisotopic (exact) mass is 186 g/mol. The summed E-state index contributed by atoms with van der Waals surface area (Å²) in [5.74, 6) is 0.155. The first-order valence-corrected chi connectivity index (χ1v) is 5.15. The van der Waals surface area contributed by atoms with Crippen molar-refractivity contribution in [1.82, 2.24) is 0 Å². The van der Waals surface area contributed by atoms with Crippen LogP contribution >= 0.6 is 0 Å². The topological polar surface area (TPSA) is 17.1 Å².